The lowest BCUT2D eigenvalue weighted by Crippen LogP contribution is -2.43. The standard InChI is InChI=1S/C25H30FN3O4/c1-5-23(32-20-9-6-17(14-22(20)31-4)25(30)28(2)3)29-12-10-16(11-13-29)24-19-8-7-18(26)15-21(19)33-27-24/h6-9,14-16,23H,5,10-13H2,1-4H3. The van der Waals surface area contributed by atoms with Crippen LogP contribution in [0.15, 0.2) is 40.9 Å². The fourth-order valence-electron chi connectivity index (χ4n) is 4.40. The summed E-state index contributed by atoms with van der Waals surface area (Å²) in [7, 11) is 5.01. The summed E-state index contributed by atoms with van der Waals surface area (Å²) in [5, 5.41) is 5.12. The number of hydrogen-bond donors (Lipinski definition) is 0. The Morgan fingerprint density at radius 2 is 1.97 bits per heavy atom. The number of rotatable bonds is 7. The summed E-state index contributed by atoms with van der Waals surface area (Å²) in [6.07, 6.45) is 2.51. The second-order valence-electron chi connectivity index (χ2n) is 8.56. The van der Waals surface area contributed by atoms with Gasteiger partial charge in [0, 0.05) is 50.1 Å². The summed E-state index contributed by atoms with van der Waals surface area (Å²) in [6.45, 7) is 3.78. The molecule has 0 aliphatic carbocycles. The molecule has 0 bridgehead atoms. The highest BCUT2D eigenvalue weighted by atomic mass is 19.1. The maximum atomic E-state index is 13.5. The lowest BCUT2D eigenvalue weighted by Gasteiger charge is -2.36. The van der Waals surface area contributed by atoms with Crippen LogP contribution in [0.1, 0.15) is 48.2 Å². The minimum absolute atomic E-state index is 0.0860. The molecule has 1 aromatic heterocycles. The fourth-order valence-corrected chi connectivity index (χ4v) is 4.40. The van der Waals surface area contributed by atoms with E-state index in [4.69, 9.17) is 14.0 Å². The van der Waals surface area contributed by atoms with Gasteiger partial charge in [0.05, 0.1) is 12.8 Å². The van der Waals surface area contributed by atoms with Crippen molar-refractivity contribution in [1.82, 2.24) is 15.0 Å². The van der Waals surface area contributed by atoms with E-state index >= 15 is 0 Å². The first-order chi connectivity index (χ1) is 15.9. The quantitative estimate of drug-likeness (QED) is 0.516. The minimum atomic E-state index is -0.322. The zero-order valence-corrected chi connectivity index (χ0v) is 19.5. The number of ether oxygens (including phenoxy) is 2. The van der Waals surface area contributed by atoms with Crippen molar-refractivity contribution in [2.45, 2.75) is 38.3 Å². The summed E-state index contributed by atoms with van der Waals surface area (Å²) < 4.78 is 30.7. The van der Waals surface area contributed by atoms with E-state index in [1.807, 2.05) is 0 Å². The van der Waals surface area contributed by atoms with E-state index in [1.54, 1.807) is 45.5 Å². The van der Waals surface area contributed by atoms with Crippen LogP contribution < -0.4 is 9.47 Å². The van der Waals surface area contributed by atoms with Gasteiger partial charge in [-0.05, 0) is 49.6 Å². The topological polar surface area (TPSA) is 68.0 Å². The Kier molecular flexibility index (Phi) is 6.83. The highest BCUT2D eigenvalue weighted by Crippen LogP contribution is 2.35. The van der Waals surface area contributed by atoms with E-state index in [0.717, 1.165) is 43.4 Å². The molecule has 1 saturated heterocycles. The number of methoxy groups -OCH3 is 1. The molecule has 0 N–H and O–H groups in total. The SMILES string of the molecule is CCC(Oc1ccc(C(=O)N(C)C)cc1OC)N1CCC(c2noc3cc(F)ccc23)CC1. The predicted octanol–water partition coefficient (Wildman–Crippen LogP) is 4.67. The van der Waals surface area contributed by atoms with Crippen LogP contribution in [-0.4, -0.2) is 61.4 Å². The van der Waals surface area contributed by atoms with Gasteiger partial charge in [0.2, 0.25) is 0 Å². The third-order valence-corrected chi connectivity index (χ3v) is 6.21. The summed E-state index contributed by atoms with van der Waals surface area (Å²) in [5.41, 5.74) is 1.95. The number of likely N-dealkylation sites (tertiary alicyclic amines) is 1. The van der Waals surface area contributed by atoms with E-state index in [1.165, 1.54) is 17.0 Å². The minimum Gasteiger partial charge on any atom is -0.493 e. The fraction of sp³-hybridized carbons (Fsp3) is 0.440. The zero-order valence-electron chi connectivity index (χ0n) is 19.5. The molecule has 2 aromatic carbocycles. The van der Waals surface area contributed by atoms with Gasteiger partial charge < -0.3 is 18.9 Å². The van der Waals surface area contributed by atoms with E-state index in [2.05, 4.69) is 17.0 Å². The lowest BCUT2D eigenvalue weighted by atomic mass is 9.91. The number of amides is 1. The van der Waals surface area contributed by atoms with Crippen molar-refractivity contribution < 1.29 is 23.2 Å². The molecule has 1 amide bonds. The van der Waals surface area contributed by atoms with Crippen molar-refractivity contribution in [3.8, 4) is 11.5 Å². The van der Waals surface area contributed by atoms with Gasteiger partial charge >= 0.3 is 0 Å². The van der Waals surface area contributed by atoms with Gasteiger partial charge in [0.25, 0.3) is 5.91 Å². The molecule has 1 aliphatic heterocycles. The Bertz CT molecular complexity index is 1120. The normalized spacial score (nSPS) is 16.0. The number of carbonyl (C=O) groups is 1. The number of aromatic nitrogens is 1. The summed E-state index contributed by atoms with van der Waals surface area (Å²) in [4.78, 5) is 16.1. The van der Waals surface area contributed by atoms with Gasteiger partial charge in [0.15, 0.2) is 23.3 Å². The second-order valence-corrected chi connectivity index (χ2v) is 8.56. The first-order valence-electron chi connectivity index (χ1n) is 11.3. The largest absolute Gasteiger partial charge is 0.493 e. The van der Waals surface area contributed by atoms with Crippen LogP contribution in [0.3, 0.4) is 0 Å². The molecule has 1 aliphatic rings. The summed E-state index contributed by atoms with van der Waals surface area (Å²) in [6, 6.07) is 9.85. The number of fused-ring (bicyclic) bond motifs is 1. The molecule has 0 radical (unpaired) electrons. The molecule has 0 saturated carbocycles. The van der Waals surface area contributed by atoms with Gasteiger partial charge in [-0.3, -0.25) is 9.69 Å². The lowest BCUT2D eigenvalue weighted by molar-refractivity contribution is 0.00431. The Hall–Kier alpha value is -3.13. The molecule has 1 fully saturated rings. The monoisotopic (exact) mass is 455 g/mol. The van der Waals surface area contributed by atoms with Gasteiger partial charge in [-0.2, -0.15) is 0 Å². The highest BCUT2D eigenvalue weighted by molar-refractivity contribution is 5.94. The molecule has 7 nitrogen and oxygen atoms in total. The molecule has 2 heterocycles. The van der Waals surface area contributed by atoms with E-state index < -0.39 is 0 Å². The van der Waals surface area contributed by atoms with E-state index in [9.17, 15) is 9.18 Å². The number of halogens is 1. The van der Waals surface area contributed by atoms with Gasteiger partial charge in [-0.15, -0.1) is 0 Å². The molecular weight excluding hydrogens is 425 g/mol. The van der Waals surface area contributed by atoms with Crippen LogP contribution in [0.4, 0.5) is 4.39 Å². The molecule has 33 heavy (non-hydrogen) atoms. The molecular formula is C25H30FN3O4. The Balaban J connectivity index is 1.43. The predicted molar refractivity (Wildman–Crippen MR) is 123 cm³/mol. The Morgan fingerprint density at radius 3 is 2.64 bits per heavy atom. The molecule has 1 unspecified atom stereocenters. The summed E-state index contributed by atoms with van der Waals surface area (Å²) >= 11 is 0. The second kappa shape index (κ2) is 9.79. The molecule has 8 heteroatoms. The molecule has 176 valence electrons. The Labute approximate surface area is 193 Å². The third kappa shape index (κ3) is 4.80. The van der Waals surface area contributed by atoms with Crippen LogP contribution >= 0.6 is 0 Å². The first kappa shape index (κ1) is 23.0. The van der Waals surface area contributed by atoms with Gasteiger partial charge in [-0.1, -0.05) is 12.1 Å². The smallest absolute Gasteiger partial charge is 0.253 e. The maximum absolute atomic E-state index is 13.5. The van der Waals surface area contributed by atoms with E-state index in [0.29, 0.717) is 22.6 Å². The highest BCUT2D eigenvalue weighted by Gasteiger charge is 2.29. The van der Waals surface area contributed by atoms with Crippen molar-refractivity contribution in [3.63, 3.8) is 0 Å². The van der Waals surface area contributed by atoms with Crippen LogP contribution in [-0.2, 0) is 0 Å². The average Bonchev–Trinajstić information content (AvgIpc) is 3.25. The number of carbonyl (C=O) groups excluding carboxylic acids is 1. The van der Waals surface area contributed by atoms with Crippen molar-refractivity contribution in [2.24, 2.45) is 0 Å². The number of nitrogens with zero attached hydrogens (tertiary/aromatic N) is 3. The number of hydrogen-bond acceptors (Lipinski definition) is 6. The number of piperidine rings is 1. The summed E-state index contributed by atoms with van der Waals surface area (Å²) in [5.74, 6) is 1.01. The van der Waals surface area contributed by atoms with Crippen LogP contribution in [0, 0.1) is 5.82 Å². The van der Waals surface area contributed by atoms with E-state index in [-0.39, 0.29) is 23.9 Å². The van der Waals surface area contributed by atoms with Crippen LogP contribution in [0.2, 0.25) is 0 Å². The number of benzene rings is 2. The Morgan fingerprint density at radius 1 is 1.21 bits per heavy atom. The average molecular weight is 456 g/mol. The molecule has 3 aromatic rings. The molecule has 4 rings (SSSR count). The first-order valence-corrected chi connectivity index (χ1v) is 11.3. The van der Waals surface area contributed by atoms with Crippen LogP contribution in [0.25, 0.3) is 11.0 Å². The van der Waals surface area contributed by atoms with Crippen molar-refractivity contribution in [3.05, 3.63) is 53.5 Å². The molecule has 1 atom stereocenters. The van der Waals surface area contributed by atoms with Crippen molar-refractivity contribution in [1.29, 1.82) is 0 Å². The van der Waals surface area contributed by atoms with Gasteiger partial charge in [0.1, 0.15) is 5.82 Å². The van der Waals surface area contributed by atoms with Crippen LogP contribution in [0.5, 0.6) is 11.5 Å². The third-order valence-electron chi connectivity index (χ3n) is 6.21. The van der Waals surface area contributed by atoms with Crippen molar-refractivity contribution >= 4 is 16.9 Å². The zero-order chi connectivity index (χ0) is 23.5. The van der Waals surface area contributed by atoms with Gasteiger partial charge in [-0.25, -0.2) is 4.39 Å². The maximum Gasteiger partial charge on any atom is 0.253 e. The van der Waals surface area contributed by atoms with Crippen molar-refractivity contribution in [2.75, 3.05) is 34.3 Å². The molecule has 0 spiro atoms.